The molecule has 0 saturated heterocycles. The van der Waals surface area contributed by atoms with Crippen LogP contribution < -0.4 is 10.6 Å². The molecule has 3 aromatic rings. The van der Waals surface area contributed by atoms with Crippen LogP contribution in [0.2, 0.25) is 0 Å². The minimum atomic E-state index is -0.0692. The third-order valence-corrected chi connectivity index (χ3v) is 4.22. The van der Waals surface area contributed by atoms with Crippen LogP contribution in [0.4, 0.5) is 5.82 Å². The molecule has 0 atom stereocenters. The quantitative estimate of drug-likeness (QED) is 0.657. The van der Waals surface area contributed by atoms with Crippen LogP contribution in [-0.2, 0) is 0 Å². The minimum Gasteiger partial charge on any atom is -0.367 e. The molecule has 0 bridgehead atoms. The van der Waals surface area contributed by atoms with Crippen molar-refractivity contribution in [3.8, 4) is 5.82 Å². The molecular formula is C20H24N6O. The zero-order valence-electron chi connectivity index (χ0n) is 16.1. The number of carbonyl (C=O) groups is 1. The molecule has 0 fully saturated rings. The lowest BCUT2D eigenvalue weighted by atomic mass is 10.1. The summed E-state index contributed by atoms with van der Waals surface area (Å²) in [6, 6.07) is 11.5. The normalized spacial score (nSPS) is 10.7. The van der Waals surface area contributed by atoms with Crippen molar-refractivity contribution in [2.45, 2.75) is 27.7 Å². The number of hydrogen-bond acceptors (Lipinski definition) is 5. The number of anilines is 1. The molecule has 0 aliphatic heterocycles. The number of hydrogen-bond donors (Lipinski definition) is 2. The van der Waals surface area contributed by atoms with E-state index in [2.05, 4.69) is 25.9 Å². The summed E-state index contributed by atoms with van der Waals surface area (Å²) in [5.41, 5.74) is 4.78. The lowest BCUT2D eigenvalue weighted by Crippen LogP contribution is -2.29. The maximum absolute atomic E-state index is 12.2. The Bertz CT molecular complexity index is 946. The van der Waals surface area contributed by atoms with E-state index in [4.69, 9.17) is 0 Å². The van der Waals surface area contributed by atoms with Crippen molar-refractivity contribution in [3.63, 3.8) is 0 Å². The van der Waals surface area contributed by atoms with Gasteiger partial charge < -0.3 is 10.6 Å². The molecule has 0 radical (unpaired) electrons. The van der Waals surface area contributed by atoms with Crippen LogP contribution in [-0.4, -0.2) is 39.0 Å². The molecule has 1 aromatic carbocycles. The van der Waals surface area contributed by atoms with E-state index < -0.39 is 0 Å². The van der Waals surface area contributed by atoms with Gasteiger partial charge in [-0.3, -0.25) is 4.79 Å². The molecule has 1 amide bonds. The molecule has 0 aliphatic carbocycles. The first-order valence-electron chi connectivity index (χ1n) is 8.91. The fourth-order valence-corrected chi connectivity index (χ4v) is 2.92. The lowest BCUT2D eigenvalue weighted by Gasteiger charge is -2.10. The van der Waals surface area contributed by atoms with Crippen LogP contribution in [0.3, 0.4) is 0 Å². The second kappa shape index (κ2) is 7.99. The predicted molar refractivity (Wildman–Crippen MR) is 105 cm³/mol. The number of amides is 1. The molecule has 0 saturated carbocycles. The first-order chi connectivity index (χ1) is 12.9. The van der Waals surface area contributed by atoms with Gasteiger partial charge in [-0.25, -0.2) is 4.68 Å². The zero-order valence-corrected chi connectivity index (χ0v) is 16.1. The first kappa shape index (κ1) is 18.6. The molecule has 7 heteroatoms. The summed E-state index contributed by atoms with van der Waals surface area (Å²) in [6.07, 6.45) is 0. The number of rotatable bonds is 6. The summed E-state index contributed by atoms with van der Waals surface area (Å²) in [7, 11) is 0. The number of aromatic nitrogens is 4. The number of nitrogens with zero attached hydrogens (tertiary/aromatic N) is 4. The van der Waals surface area contributed by atoms with Crippen molar-refractivity contribution in [1.82, 2.24) is 25.3 Å². The number of nitrogens with one attached hydrogen (secondary N) is 2. The molecule has 27 heavy (non-hydrogen) atoms. The molecule has 0 aliphatic rings. The average molecular weight is 364 g/mol. The SMILES string of the molecule is Cc1ccc(C(=O)NCCNc2ccc(-n3nc(C)cc3C)nn2)c(C)c1. The molecule has 2 N–H and O–H groups in total. The van der Waals surface area contributed by atoms with E-state index in [1.54, 1.807) is 4.68 Å². The van der Waals surface area contributed by atoms with E-state index in [9.17, 15) is 4.79 Å². The summed E-state index contributed by atoms with van der Waals surface area (Å²) in [4.78, 5) is 12.2. The standard InChI is InChI=1S/C20H24N6O/c1-13-5-6-17(14(2)11-13)20(27)22-10-9-21-18-7-8-19(24-23-18)26-16(4)12-15(3)25-26/h5-8,11-12H,9-10H2,1-4H3,(H,21,23)(H,22,27). The van der Waals surface area contributed by atoms with Crippen molar-refractivity contribution in [3.05, 3.63) is 64.5 Å². The topological polar surface area (TPSA) is 84.7 Å². The van der Waals surface area contributed by atoms with Crippen LogP contribution in [0.15, 0.2) is 36.4 Å². The number of benzene rings is 1. The van der Waals surface area contributed by atoms with E-state index in [1.165, 1.54) is 0 Å². The van der Waals surface area contributed by atoms with Crippen LogP contribution in [0.25, 0.3) is 5.82 Å². The maximum atomic E-state index is 12.2. The van der Waals surface area contributed by atoms with Crippen molar-refractivity contribution in [1.29, 1.82) is 0 Å². The Kier molecular flexibility index (Phi) is 5.49. The molecule has 0 unspecified atom stereocenters. The van der Waals surface area contributed by atoms with Crippen molar-refractivity contribution in [2.24, 2.45) is 0 Å². The van der Waals surface area contributed by atoms with E-state index in [0.29, 0.717) is 30.3 Å². The van der Waals surface area contributed by atoms with Gasteiger partial charge in [0.1, 0.15) is 5.82 Å². The van der Waals surface area contributed by atoms with Gasteiger partial charge in [0.15, 0.2) is 5.82 Å². The van der Waals surface area contributed by atoms with Gasteiger partial charge in [0.2, 0.25) is 0 Å². The lowest BCUT2D eigenvalue weighted by molar-refractivity contribution is 0.0954. The highest BCUT2D eigenvalue weighted by Crippen LogP contribution is 2.11. The van der Waals surface area contributed by atoms with Gasteiger partial charge in [-0.05, 0) is 57.5 Å². The highest BCUT2D eigenvalue weighted by Gasteiger charge is 2.08. The van der Waals surface area contributed by atoms with Crippen LogP contribution in [0, 0.1) is 27.7 Å². The monoisotopic (exact) mass is 364 g/mol. The fourth-order valence-electron chi connectivity index (χ4n) is 2.92. The second-order valence-corrected chi connectivity index (χ2v) is 6.62. The predicted octanol–water partition coefficient (Wildman–Crippen LogP) is 2.74. The molecule has 3 rings (SSSR count). The zero-order chi connectivity index (χ0) is 19.4. The Labute approximate surface area is 158 Å². The van der Waals surface area contributed by atoms with Gasteiger partial charge in [-0.2, -0.15) is 5.10 Å². The minimum absolute atomic E-state index is 0.0692. The molecule has 2 heterocycles. The first-order valence-corrected chi connectivity index (χ1v) is 8.91. The Hall–Kier alpha value is -3.22. The number of carbonyl (C=O) groups excluding carboxylic acids is 1. The molecule has 0 spiro atoms. The van der Waals surface area contributed by atoms with E-state index in [0.717, 1.165) is 22.5 Å². The Morgan fingerprint density at radius 2 is 1.81 bits per heavy atom. The highest BCUT2D eigenvalue weighted by atomic mass is 16.1. The van der Waals surface area contributed by atoms with E-state index >= 15 is 0 Å². The Morgan fingerprint density at radius 3 is 2.44 bits per heavy atom. The van der Waals surface area contributed by atoms with Crippen molar-refractivity contribution >= 4 is 11.7 Å². The summed E-state index contributed by atoms with van der Waals surface area (Å²) in [5.74, 6) is 1.26. The van der Waals surface area contributed by atoms with Gasteiger partial charge in [0, 0.05) is 24.3 Å². The van der Waals surface area contributed by atoms with E-state index in [1.807, 2.05) is 64.1 Å². The van der Waals surface area contributed by atoms with E-state index in [-0.39, 0.29) is 5.91 Å². The Morgan fingerprint density at radius 1 is 1.00 bits per heavy atom. The maximum Gasteiger partial charge on any atom is 0.251 e. The fraction of sp³-hybridized carbons (Fsp3) is 0.300. The van der Waals surface area contributed by atoms with Crippen molar-refractivity contribution < 1.29 is 4.79 Å². The third-order valence-electron chi connectivity index (χ3n) is 4.22. The molecule has 2 aromatic heterocycles. The van der Waals surface area contributed by atoms with Crippen molar-refractivity contribution in [2.75, 3.05) is 18.4 Å². The number of aryl methyl sites for hydroxylation is 4. The van der Waals surface area contributed by atoms with Crippen LogP contribution >= 0.6 is 0 Å². The largest absolute Gasteiger partial charge is 0.367 e. The third kappa shape index (κ3) is 4.49. The smallest absolute Gasteiger partial charge is 0.251 e. The highest BCUT2D eigenvalue weighted by molar-refractivity contribution is 5.95. The van der Waals surface area contributed by atoms with Gasteiger partial charge in [-0.15, -0.1) is 10.2 Å². The second-order valence-electron chi connectivity index (χ2n) is 6.62. The molecular weight excluding hydrogens is 340 g/mol. The average Bonchev–Trinajstić information content (AvgIpc) is 2.97. The summed E-state index contributed by atoms with van der Waals surface area (Å²) in [5, 5.41) is 18.8. The summed E-state index contributed by atoms with van der Waals surface area (Å²) in [6.45, 7) is 8.93. The van der Waals surface area contributed by atoms with Gasteiger partial charge in [0.25, 0.3) is 5.91 Å². The van der Waals surface area contributed by atoms with Gasteiger partial charge in [0.05, 0.1) is 5.69 Å². The molecule has 7 nitrogen and oxygen atoms in total. The van der Waals surface area contributed by atoms with Gasteiger partial charge >= 0.3 is 0 Å². The van der Waals surface area contributed by atoms with Crippen LogP contribution in [0.1, 0.15) is 32.9 Å². The summed E-state index contributed by atoms with van der Waals surface area (Å²) >= 11 is 0. The van der Waals surface area contributed by atoms with Gasteiger partial charge in [-0.1, -0.05) is 17.7 Å². The molecule has 140 valence electrons. The summed E-state index contributed by atoms with van der Waals surface area (Å²) < 4.78 is 1.76. The van der Waals surface area contributed by atoms with Crippen LogP contribution in [0.5, 0.6) is 0 Å². The Balaban J connectivity index is 1.50.